The normalized spacial score (nSPS) is 20.6. The predicted molar refractivity (Wildman–Crippen MR) is 89.7 cm³/mol. The Morgan fingerprint density at radius 2 is 2.08 bits per heavy atom. The van der Waals surface area contributed by atoms with Gasteiger partial charge in [-0.15, -0.1) is 0 Å². The summed E-state index contributed by atoms with van der Waals surface area (Å²) in [5, 5.41) is 10.8. The van der Waals surface area contributed by atoms with Gasteiger partial charge in [-0.25, -0.2) is 4.79 Å². The molecule has 1 fully saturated rings. The number of benzene rings is 1. The third-order valence-electron chi connectivity index (χ3n) is 4.82. The van der Waals surface area contributed by atoms with Crippen LogP contribution in [-0.4, -0.2) is 52.3 Å². The van der Waals surface area contributed by atoms with Crippen LogP contribution in [0.25, 0.3) is 10.9 Å². The lowest BCUT2D eigenvalue weighted by molar-refractivity contribution is -0.160. The molecule has 128 valence electrons. The number of fused-ring (bicyclic) bond motifs is 1. The number of ether oxygens (including phenoxy) is 1. The first-order valence-electron chi connectivity index (χ1n) is 8.15. The topological polar surface area (TPSA) is 71.8 Å². The Hall–Kier alpha value is -2.34. The Kier molecular flexibility index (Phi) is 4.57. The van der Waals surface area contributed by atoms with Crippen LogP contribution in [0.3, 0.4) is 0 Å². The van der Waals surface area contributed by atoms with Gasteiger partial charge in [0.25, 0.3) is 0 Å². The van der Waals surface area contributed by atoms with E-state index in [2.05, 4.69) is 0 Å². The van der Waals surface area contributed by atoms with Crippen LogP contribution in [0.15, 0.2) is 36.5 Å². The molecule has 1 unspecified atom stereocenters. The van der Waals surface area contributed by atoms with Crippen LogP contribution >= 0.6 is 0 Å². The summed E-state index contributed by atoms with van der Waals surface area (Å²) < 4.78 is 7.13. The van der Waals surface area contributed by atoms with E-state index in [0.717, 1.165) is 10.9 Å². The SMILES string of the molecule is COCC1(C(=O)O)CCCN1C(=O)CCn1ccc2ccccc21. The molecular weight excluding hydrogens is 308 g/mol. The highest BCUT2D eigenvalue weighted by atomic mass is 16.5. The molecule has 0 aliphatic carbocycles. The lowest BCUT2D eigenvalue weighted by Gasteiger charge is -2.34. The van der Waals surface area contributed by atoms with Crippen molar-refractivity contribution >= 4 is 22.8 Å². The van der Waals surface area contributed by atoms with E-state index in [1.807, 2.05) is 41.1 Å². The number of amides is 1. The van der Waals surface area contributed by atoms with Crippen molar-refractivity contribution in [1.29, 1.82) is 0 Å². The van der Waals surface area contributed by atoms with Crippen molar-refractivity contribution < 1.29 is 19.4 Å². The number of rotatable bonds is 6. The largest absolute Gasteiger partial charge is 0.479 e. The van der Waals surface area contributed by atoms with Crippen molar-refractivity contribution in [3.05, 3.63) is 36.5 Å². The highest BCUT2D eigenvalue weighted by Crippen LogP contribution is 2.31. The number of nitrogens with zero attached hydrogens (tertiary/aromatic N) is 2. The van der Waals surface area contributed by atoms with E-state index in [9.17, 15) is 14.7 Å². The molecule has 1 N–H and O–H groups in total. The summed E-state index contributed by atoms with van der Waals surface area (Å²) >= 11 is 0. The molecule has 6 nitrogen and oxygen atoms in total. The first kappa shape index (κ1) is 16.5. The lowest BCUT2D eigenvalue weighted by Crippen LogP contribution is -2.56. The van der Waals surface area contributed by atoms with Crippen LogP contribution in [0, 0.1) is 0 Å². The van der Waals surface area contributed by atoms with E-state index in [1.54, 1.807) is 0 Å². The van der Waals surface area contributed by atoms with Gasteiger partial charge in [0.15, 0.2) is 5.54 Å². The van der Waals surface area contributed by atoms with Gasteiger partial charge in [0.2, 0.25) is 5.91 Å². The van der Waals surface area contributed by atoms with Gasteiger partial charge in [-0.05, 0) is 30.4 Å². The number of aryl methyl sites for hydroxylation is 1. The Morgan fingerprint density at radius 3 is 2.83 bits per heavy atom. The van der Waals surface area contributed by atoms with E-state index >= 15 is 0 Å². The molecule has 0 radical (unpaired) electrons. The van der Waals surface area contributed by atoms with Crippen molar-refractivity contribution in [2.75, 3.05) is 20.3 Å². The maximum atomic E-state index is 12.7. The summed E-state index contributed by atoms with van der Waals surface area (Å²) in [6, 6.07) is 10.0. The Balaban J connectivity index is 1.73. The highest BCUT2D eigenvalue weighted by molar-refractivity contribution is 5.88. The molecule has 1 aliphatic rings. The van der Waals surface area contributed by atoms with Crippen LogP contribution in [0.1, 0.15) is 19.3 Å². The van der Waals surface area contributed by atoms with E-state index in [4.69, 9.17) is 4.74 Å². The second-order valence-corrected chi connectivity index (χ2v) is 6.24. The van der Waals surface area contributed by atoms with E-state index in [1.165, 1.54) is 12.0 Å². The zero-order chi connectivity index (χ0) is 17.2. The van der Waals surface area contributed by atoms with Gasteiger partial charge in [0.1, 0.15) is 0 Å². The third-order valence-corrected chi connectivity index (χ3v) is 4.82. The molecule has 0 spiro atoms. The van der Waals surface area contributed by atoms with Gasteiger partial charge in [-0.2, -0.15) is 0 Å². The molecule has 1 amide bonds. The summed E-state index contributed by atoms with van der Waals surface area (Å²) in [6.45, 7) is 1.03. The Bertz CT molecular complexity index is 754. The molecular formula is C18H22N2O4. The maximum absolute atomic E-state index is 12.7. The van der Waals surface area contributed by atoms with Gasteiger partial charge in [0, 0.05) is 38.3 Å². The standard InChI is InChI=1S/C18H22N2O4/c1-24-13-18(17(22)23)9-4-10-20(18)16(21)8-12-19-11-7-14-5-2-3-6-15(14)19/h2-3,5-7,11H,4,8-10,12-13H2,1H3,(H,22,23). The number of methoxy groups -OCH3 is 1. The number of aromatic nitrogens is 1. The number of hydrogen-bond donors (Lipinski definition) is 1. The summed E-state index contributed by atoms with van der Waals surface area (Å²) in [6.07, 6.45) is 3.36. The van der Waals surface area contributed by atoms with Gasteiger partial charge in [-0.3, -0.25) is 4.79 Å². The third kappa shape index (κ3) is 2.78. The molecule has 24 heavy (non-hydrogen) atoms. The number of carbonyl (C=O) groups excluding carboxylic acids is 1. The van der Waals surface area contributed by atoms with Crippen LogP contribution in [0.5, 0.6) is 0 Å². The van der Waals surface area contributed by atoms with Crippen molar-refractivity contribution in [2.24, 2.45) is 0 Å². The van der Waals surface area contributed by atoms with Crippen molar-refractivity contribution in [2.45, 2.75) is 31.3 Å². The number of carbonyl (C=O) groups is 2. The second-order valence-electron chi connectivity index (χ2n) is 6.24. The van der Waals surface area contributed by atoms with Gasteiger partial charge in [-0.1, -0.05) is 18.2 Å². The maximum Gasteiger partial charge on any atom is 0.332 e. The number of hydrogen-bond acceptors (Lipinski definition) is 3. The summed E-state index contributed by atoms with van der Waals surface area (Å²) in [7, 11) is 1.47. The molecule has 2 heterocycles. The Morgan fingerprint density at radius 1 is 1.29 bits per heavy atom. The van der Waals surface area contributed by atoms with E-state index < -0.39 is 11.5 Å². The molecule has 6 heteroatoms. The minimum Gasteiger partial charge on any atom is -0.479 e. The molecule has 2 aromatic rings. The molecule has 0 saturated carbocycles. The smallest absolute Gasteiger partial charge is 0.332 e. The predicted octanol–water partition coefficient (Wildman–Crippen LogP) is 2.12. The summed E-state index contributed by atoms with van der Waals surface area (Å²) in [5.74, 6) is -1.12. The Labute approximate surface area is 140 Å². The van der Waals surface area contributed by atoms with Crippen molar-refractivity contribution in [1.82, 2.24) is 9.47 Å². The van der Waals surface area contributed by atoms with Gasteiger partial charge >= 0.3 is 5.97 Å². The molecule has 1 saturated heterocycles. The van der Waals surface area contributed by atoms with Crippen LogP contribution in [0.4, 0.5) is 0 Å². The number of carboxylic acid groups (broad SMARTS) is 1. The minimum absolute atomic E-state index is 0.0283. The first-order valence-corrected chi connectivity index (χ1v) is 8.15. The van der Waals surface area contributed by atoms with Gasteiger partial charge < -0.3 is 19.3 Å². The number of carboxylic acids is 1. The zero-order valence-corrected chi connectivity index (χ0v) is 13.8. The fraction of sp³-hybridized carbons (Fsp3) is 0.444. The zero-order valence-electron chi connectivity index (χ0n) is 13.8. The van der Waals surface area contributed by atoms with Crippen LogP contribution in [-0.2, 0) is 20.9 Å². The fourth-order valence-corrected chi connectivity index (χ4v) is 3.60. The summed E-state index contributed by atoms with van der Waals surface area (Å²) in [5.41, 5.74) is -0.141. The molecule has 1 aromatic heterocycles. The molecule has 0 bridgehead atoms. The fourth-order valence-electron chi connectivity index (χ4n) is 3.60. The second kappa shape index (κ2) is 6.65. The monoisotopic (exact) mass is 330 g/mol. The molecule has 1 aliphatic heterocycles. The average molecular weight is 330 g/mol. The quantitative estimate of drug-likeness (QED) is 0.881. The van der Waals surface area contributed by atoms with Crippen LogP contribution in [0.2, 0.25) is 0 Å². The summed E-state index contributed by atoms with van der Waals surface area (Å²) in [4.78, 5) is 25.9. The van der Waals surface area contributed by atoms with E-state index in [0.29, 0.717) is 25.9 Å². The molecule has 1 aromatic carbocycles. The molecule has 1 atom stereocenters. The number of aliphatic carboxylic acids is 1. The van der Waals surface area contributed by atoms with Crippen molar-refractivity contribution in [3.8, 4) is 0 Å². The number of likely N-dealkylation sites (tertiary alicyclic amines) is 1. The highest BCUT2D eigenvalue weighted by Gasteiger charge is 2.49. The molecule has 3 rings (SSSR count). The number of para-hydroxylation sites is 1. The van der Waals surface area contributed by atoms with Crippen molar-refractivity contribution in [3.63, 3.8) is 0 Å². The average Bonchev–Trinajstić information content (AvgIpc) is 3.18. The first-order chi connectivity index (χ1) is 11.6. The van der Waals surface area contributed by atoms with E-state index in [-0.39, 0.29) is 18.9 Å². The van der Waals surface area contributed by atoms with Gasteiger partial charge in [0.05, 0.1) is 6.61 Å². The van der Waals surface area contributed by atoms with Crippen LogP contribution < -0.4 is 0 Å². The lowest BCUT2D eigenvalue weighted by atomic mass is 9.97. The minimum atomic E-state index is -1.22.